The molecule has 182 valence electrons. The van der Waals surface area contributed by atoms with Crippen molar-refractivity contribution in [3.63, 3.8) is 0 Å². The van der Waals surface area contributed by atoms with Gasteiger partial charge >= 0.3 is 5.97 Å². The number of hydrogen-bond donors (Lipinski definition) is 1. The van der Waals surface area contributed by atoms with Crippen molar-refractivity contribution in [2.24, 2.45) is 5.92 Å². The van der Waals surface area contributed by atoms with Gasteiger partial charge in [-0.2, -0.15) is 5.10 Å². The molecule has 33 heavy (non-hydrogen) atoms. The summed E-state index contributed by atoms with van der Waals surface area (Å²) in [5, 5.41) is 7.46. The maximum Gasteiger partial charge on any atom is 0.360 e. The van der Waals surface area contributed by atoms with Crippen LogP contribution in [0.4, 0.5) is 0 Å². The fourth-order valence-electron chi connectivity index (χ4n) is 3.44. The Hall–Kier alpha value is -2.38. The highest BCUT2D eigenvalue weighted by molar-refractivity contribution is 6.34. The van der Waals surface area contributed by atoms with Crippen molar-refractivity contribution in [1.82, 2.24) is 15.1 Å². The molecule has 1 atom stereocenters. The summed E-state index contributed by atoms with van der Waals surface area (Å²) in [6.45, 7) is 10.1. The number of esters is 1. The molecule has 1 N–H and O–H groups in total. The van der Waals surface area contributed by atoms with E-state index in [9.17, 15) is 9.59 Å². The van der Waals surface area contributed by atoms with Crippen LogP contribution in [0, 0.1) is 12.8 Å². The fraction of sp³-hybridized carbons (Fsp3) is 0.560. The maximum atomic E-state index is 12.4. The van der Waals surface area contributed by atoms with Crippen LogP contribution >= 0.6 is 11.6 Å². The Kier molecular flexibility index (Phi) is 11.4. The minimum absolute atomic E-state index is 0.0793. The smallest absolute Gasteiger partial charge is 0.360 e. The molecule has 2 rings (SSSR count). The number of nitrogens with one attached hydrogen (secondary N) is 1. The number of carbonyl (C=O) groups is 2. The highest BCUT2D eigenvalue weighted by Crippen LogP contribution is 2.24. The number of rotatable bonds is 14. The molecule has 0 aliphatic carbocycles. The zero-order valence-corrected chi connectivity index (χ0v) is 20.9. The molecular formula is C25H36ClN3O4. The van der Waals surface area contributed by atoms with Crippen LogP contribution in [0.5, 0.6) is 0 Å². The van der Waals surface area contributed by atoms with Crippen molar-refractivity contribution >= 4 is 23.5 Å². The molecule has 2 aromatic rings. The largest absolute Gasteiger partial charge is 0.461 e. The Bertz CT molecular complexity index is 896. The van der Waals surface area contributed by atoms with Gasteiger partial charge in [-0.1, -0.05) is 44.7 Å². The number of amides is 1. The normalized spacial score (nSPS) is 11.9. The second-order valence-corrected chi connectivity index (χ2v) is 8.41. The first-order valence-corrected chi connectivity index (χ1v) is 12.2. The molecule has 0 aliphatic rings. The summed E-state index contributed by atoms with van der Waals surface area (Å²) in [4.78, 5) is 24.4. The van der Waals surface area contributed by atoms with E-state index in [1.165, 1.54) is 19.3 Å². The SMILES string of the molecule is CCCC[C@H](CC)COCCCNC(=O)c1ccc(-n2nc(C(=O)OCC)c(Cl)c2C)cc1. The number of hydrogen-bond acceptors (Lipinski definition) is 5. The van der Waals surface area contributed by atoms with E-state index in [0.29, 0.717) is 36.0 Å². The van der Waals surface area contributed by atoms with Gasteiger partial charge in [-0.3, -0.25) is 4.79 Å². The zero-order valence-electron chi connectivity index (χ0n) is 20.2. The molecule has 0 saturated carbocycles. The van der Waals surface area contributed by atoms with Gasteiger partial charge in [-0.25, -0.2) is 9.48 Å². The third-order valence-electron chi connectivity index (χ3n) is 5.53. The van der Waals surface area contributed by atoms with E-state index in [1.807, 2.05) is 0 Å². The minimum Gasteiger partial charge on any atom is -0.461 e. The van der Waals surface area contributed by atoms with Gasteiger partial charge in [-0.15, -0.1) is 0 Å². The molecule has 0 aliphatic heterocycles. The van der Waals surface area contributed by atoms with E-state index in [0.717, 1.165) is 19.4 Å². The minimum atomic E-state index is -0.560. The fourth-order valence-corrected chi connectivity index (χ4v) is 3.64. The Balaban J connectivity index is 1.84. The Morgan fingerprint density at radius 3 is 2.52 bits per heavy atom. The lowest BCUT2D eigenvalue weighted by molar-refractivity contribution is 0.0519. The number of halogens is 1. The molecule has 0 fully saturated rings. The van der Waals surface area contributed by atoms with Gasteiger partial charge < -0.3 is 14.8 Å². The van der Waals surface area contributed by atoms with Crippen molar-refractivity contribution in [3.8, 4) is 5.69 Å². The lowest BCUT2D eigenvalue weighted by atomic mass is 10.0. The molecular weight excluding hydrogens is 442 g/mol. The third-order valence-corrected chi connectivity index (χ3v) is 5.99. The van der Waals surface area contributed by atoms with Gasteiger partial charge in [0.25, 0.3) is 5.91 Å². The second kappa shape index (κ2) is 14.0. The van der Waals surface area contributed by atoms with Gasteiger partial charge in [0.2, 0.25) is 0 Å². The predicted octanol–water partition coefficient (Wildman–Crippen LogP) is 5.36. The zero-order chi connectivity index (χ0) is 24.2. The van der Waals surface area contributed by atoms with Crippen molar-refractivity contribution in [2.75, 3.05) is 26.4 Å². The number of unbranched alkanes of at least 4 members (excludes halogenated alkanes) is 1. The van der Waals surface area contributed by atoms with Crippen LogP contribution in [0.1, 0.15) is 79.4 Å². The topological polar surface area (TPSA) is 82.5 Å². The van der Waals surface area contributed by atoms with Gasteiger partial charge in [0, 0.05) is 25.3 Å². The molecule has 0 bridgehead atoms. The van der Waals surface area contributed by atoms with E-state index in [1.54, 1.807) is 42.8 Å². The summed E-state index contributed by atoms with van der Waals surface area (Å²) in [5.74, 6) is -0.0754. The quantitative estimate of drug-likeness (QED) is 0.292. The Morgan fingerprint density at radius 1 is 1.15 bits per heavy atom. The second-order valence-electron chi connectivity index (χ2n) is 8.03. The van der Waals surface area contributed by atoms with E-state index in [-0.39, 0.29) is 23.2 Å². The summed E-state index contributed by atoms with van der Waals surface area (Å²) in [5.41, 5.74) is 1.95. The third kappa shape index (κ3) is 7.86. The molecule has 1 amide bonds. The first kappa shape index (κ1) is 26.9. The molecule has 0 radical (unpaired) electrons. The average Bonchev–Trinajstić information content (AvgIpc) is 3.12. The van der Waals surface area contributed by atoms with E-state index < -0.39 is 5.97 Å². The van der Waals surface area contributed by atoms with Crippen LogP contribution in [-0.4, -0.2) is 48.0 Å². The van der Waals surface area contributed by atoms with Crippen molar-refractivity contribution < 1.29 is 19.1 Å². The summed E-state index contributed by atoms with van der Waals surface area (Å²) in [6, 6.07) is 6.98. The Labute approximate surface area is 201 Å². The summed E-state index contributed by atoms with van der Waals surface area (Å²) in [7, 11) is 0. The van der Waals surface area contributed by atoms with Gasteiger partial charge in [0.15, 0.2) is 5.69 Å². The lowest BCUT2D eigenvalue weighted by Crippen LogP contribution is -2.25. The molecule has 1 aromatic carbocycles. The summed E-state index contributed by atoms with van der Waals surface area (Å²) in [6.07, 6.45) is 5.59. The predicted molar refractivity (Wildman–Crippen MR) is 130 cm³/mol. The monoisotopic (exact) mass is 477 g/mol. The maximum absolute atomic E-state index is 12.4. The number of aromatic nitrogens is 2. The molecule has 0 unspecified atom stereocenters. The van der Waals surface area contributed by atoms with Crippen molar-refractivity contribution in [2.45, 2.75) is 59.8 Å². The first-order chi connectivity index (χ1) is 15.9. The highest BCUT2D eigenvalue weighted by atomic mass is 35.5. The van der Waals surface area contributed by atoms with E-state index in [4.69, 9.17) is 21.1 Å². The summed E-state index contributed by atoms with van der Waals surface area (Å²) >= 11 is 6.26. The van der Waals surface area contributed by atoms with Crippen LogP contribution in [0.25, 0.3) is 5.69 Å². The van der Waals surface area contributed by atoms with Crippen LogP contribution < -0.4 is 5.32 Å². The van der Waals surface area contributed by atoms with Crippen molar-refractivity contribution in [3.05, 3.63) is 46.2 Å². The number of ether oxygens (including phenoxy) is 2. The van der Waals surface area contributed by atoms with Crippen LogP contribution in [0.15, 0.2) is 24.3 Å². The van der Waals surface area contributed by atoms with Gasteiger partial charge in [-0.05, 0) is 56.9 Å². The molecule has 1 heterocycles. The molecule has 7 nitrogen and oxygen atoms in total. The number of benzene rings is 1. The highest BCUT2D eigenvalue weighted by Gasteiger charge is 2.21. The molecule has 0 saturated heterocycles. The number of nitrogens with zero attached hydrogens (tertiary/aromatic N) is 2. The van der Waals surface area contributed by atoms with Crippen LogP contribution in [0.2, 0.25) is 5.02 Å². The lowest BCUT2D eigenvalue weighted by Gasteiger charge is -2.14. The van der Waals surface area contributed by atoms with Crippen LogP contribution in [0.3, 0.4) is 0 Å². The van der Waals surface area contributed by atoms with Crippen molar-refractivity contribution in [1.29, 1.82) is 0 Å². The van der Waals surface area contributed by atoms with Gasteiger partial charge in [0.1, 0.15) is 0 Å². The molecule has 1 aromatic heterocycles. The first-order valence-electron chi connectivity index (χ1n) is 11.8. The van der Waals surface area contributed by atoms with Crippen LogP contribution in [-0.2, 0) is 9.47 Å². The standard InChI is InChI=1S/C25H36ClN3O4/c1-5-8-10-19(6-2)17-32-16-9-15-27-24(30)20-11-13-21(14-12-20)29-18(4)22(26)23(28-29)25(31)33-7-3/h11-14,19H,5-10,15-17H2,1-4H3,(H,27,30)/t19-/m0/s1. The van der Waals surface area contributed by atoms with E-state index >= 15 is 0 Å². The summed E-state index contributed by atoms with van der Waals surface area (Å²) < 4.78 is 12.4. The molecule has 0 spiro atoms. The molecule has 8 heteroatoms. The van der Waals surface area contributed by atoms with Gasteiger partial charge in [0.05, 0.1) is 23.0 Å². The Morgan fingerprint density at radius 2 is 1.88 bits per heavy atom. The number of carbonyl (C=O) groups excluding carboxylic acids is 2. The average molecular weight is 478 g/mol. The van der Waals surface area contributed by atoms with E-state index in [2.05, 4.69) is 24.3 Å².